The lowest BCUT2D eigenvalue weighted by atomic mass is 9.86. The molecule has 2 N–H and O–H groups in total. The second-order valence-corrected chi connectivity index (χ2v) is 6.79. The topological polar surface area (TPSA) is 38.5 Å². The highest BCUT2D eigenvalue weighted by atomic mass is 16.5. The first-order chi connectivity index (χ1) is 10.6. The Bertz CT molecular complexity index is 435. The lowest BCUT2D eigenvalue weighted by Gasteiger charge is -2.28. The standard InChI is InChI=1S/C20H38N2O/c1-10-19(13-16(6)22(9)11-2)17(7)15(5)12-20(21)18(8)23-14(3)4/h12,14,16,19H,7,10-11,13,21H2,1-6,8-9H3/b15-12-,20-18-. The van der Waals surface area contributed by atoms with Crippen LogP contribution in [0.25, 0.3) is 0 Å². The van der Waals surface area contributed by atoms with Gasteiger partial charge in [-0.15, -0.1) is 0 Å². The summed E-state index contributed by atoms with van der Waals surface area (Å²) >= 11 is 0. The van der Waals surface area contributed by atoms with E-state index in [1.54, 1.807) is 0 Å². The van der Waals surface area contributed by atoms with Gasteiger partial charge in [0.2, 0.25) is 0 Å². The molecule has 0 heterocycles. The van der Waals surface area contributed by atoms with Crippen LogP contribution in [0, 0.1) is 5.92 Å². The lowest BCUT2D eigenvalue weighted by Crippen LogP contribution is -2.31. The Morgan fingerprint density at radius 2 is 1.78 bits per heavy atom. The third-order valence-corrected chi connectivity index (χ3v) is 4.56. The highest BCUT2D eigenvalue weighted by molar-refractivity contribution is 5.35. The monoisotopic (exact) mass is 322 g/mol. The molecule has 2 unspecified atom stereocenters. The minimum absolute atomic E-state index is 0.138. The highest BCUT2D eigenvalue weighted by Gasteiger charge is 2.18. The van der Waals surface area contributed by atoms with E-state index >= 15 is 0 Å². The maximum Gasteiger partial charge on any atom is 0.116 e. The maximum atomic E-state index is 6.15. The molecule has 3 nitrogen and oxygen atoms in total. The number of nitrogens with two attached hydrogens (primary N) is 1. The Balaban J connectivity index is 5.05. The van der Waals surface area contributed by atoms with Gasteiger partial charge < -0.3 is 15.4 Å². The van der Waals surface area contributed by atoms with Crippen molar-refractivity contribution >= 4 is 0 Å². The number of hydrogen-bond donors (Lipinski definition) is 1. The number of allylic oxidation sites excluding steroid dienone is 4. The third-order valence-electron chi connectivity index (χ3n) is 4.56. The van der Waals surface area contributed by atoms with Crippen molar-refractivity contribution in [1.29, 1.82) is 0 Å². The van der Waals surface area contributed by atoms with Crippen LogP contribution < -0.4 is 5.73 Å². The van der Waals surface area contributed by atoms with E-state index in [9.17, 15) is 0 Å². The molecule has 0 bridgehead atoms. The number of nitrogens with zero attached hydrogens (tertiary/aromatic N) is 1. The molecule has 0 aliphatic heterocycles. The first kappa shape index (κ1) is 21.8. The lowest BCUT2D eigenvalue weighted by molar-refractivity contribution is 0.147. The van der Waals surface area contributed by atoms with E-state index in [0.29, 0.717) is 17.7 Å². The molecule has 0 spiro atoms. The molecule has 0 aliphatic rings. The summed E-state index contributed by atoms with van der Waals surface area (Å²) in [7, 11) is 2.18. The fraction of sp³-hybridized carbons (Fsp3) is 0.700. The van der Waals surface area contributed by atoms with Gasteiger partial charge in [-0.05, 0) is 84.2 Å². The van der Waals surface area contributed by atoms with Gasteiger partial charge in [0.05, 0.1) is 11.8 Å². The predicted octanol–water partition coefficient (Wildman–Crippen LogP) is 4.86. The molecular formula is C20H38N2O. The molecule has 0 saturated heterocycles. The van der Waals surface area contributed by atoms with E-state index in [1.807, 2.05) is 26.8 Å². The first-order valence-electron chi connectivity index (χ1n) is 8.84. The van der Waals surface area contributed by atoms with Crippen LogP contribution >= 0.6 is 0 Å². The minimum Gasteiger partial charge on any atom is -0.494 e. The zero-order valence-corrected chi connectivity index (χ0v) is 16.6. The molecule has 0 aromatic rings. The molecule has 0 aromatic carbocycles. The van der Waals surface area contributed by atoms with Gasteiger partial charge in [-0.1, -0.05) is 20.4 Å². The van der Waals surface area contributed by atoms with Crippen molar-refractivity contribution in [2.24, 2.45) is 11.7 Å². The van der Waals surface area contributed by atoms with E-state index in [1.165, 1.54) is 5.57 Å². The largest absolute Gasteiger partial charge is 0.494 e. The van der Waals surface area contributed by atoms with Gasteiger partial charge in [0.15, 0.2) is 0 Å². The van der Waals surface area contributed by atoms with E-state index in [0.717, 1.165) is 30.7 Å². The third kappa shape index (κ3) is 7.74. The summed E-state index contributed by atoms with van der Waals surface area (Å²) in [4.78, 5) is 2.38. The quantitative estimate of drug-likeness (QED) is 0.461. The van der Waals surface area contributed by atoms with Crippen molar-refractivity contribution in [3.8, 4) is 0 Å². The summed E-state index contributed by atoms with van der Waals surface area (Å²) in [5.74, 6) is 1.26. The maximum absolute atomic E-state index is 6.15. The summed E-state index contributed by atoms with van der Waals surface area (Å²) in [5, 5.41) is 0. The zero-order valence-electron chi connectivity index (χ0n) is 16.6. The molecule has 23 heavy (non-hydrogen) atoms. The van der Waals surface area contributed by atoms with Crippen LogP contribution in [-0.4, -0.2) is 30.6 Å². The summed E-state index contributed by atoms with van der Waals surface area (Å²) < 4.78 is 5.66. The average Bonchev–Trinajstić information content (AvgIpc) is 2.49. The molecule has 0 radical (unpaired) electrons. The van der Waals surface area contributed by atoms with Crippen LogP contribution in [0.3, 0.4) is 0 Å². The number of rotatable bonds is 10. The van der Waals surface area contributed by atoms with Gasteiger partial charge >= 0.3 is 0 Å². The van der Waals surface area contributed by atoms with Gasteiger partial charge in [-0.3, -0.25) is 0 Å². The zero-order chi connectivity index (χ0) is 18.2. The van der Waals surface area contributed by atoms with Crippen LogP contribution in [0.5, 0.6) is 0 Å². The van der Waals surface area contributed by atoms with Crippen LogP contribution in [0.1, 0.15) is 61.3 Å². The second kappa shape index (κ2) is 10.5. The smallest absolute Gasteiger partial charge is 0.116 e. The normalized spacial score (nSPS) is 16.3. The van der Waals surface area contributed by atoms with Gasteiger partial charge in [0.25, 0.3) is 0 Å². The molecule has 3 heteroatoms. The molecule has 134 valence electrons. The van der Waals surface area contributed by atoms with Crippen LogP contribution in [-0.2, 0) is 4.74 Å². The fourth-order valence-electron chi connectivity index (χ4n) is 2.63. The summed E-state index contributed by atoms with van der Waals surface area (Å²) in [6, 6.07) is 0.549. The van der Waals surface area contributed by atoms with Crippen molar-refractivity contribution in [2.45, 2.75) is 73.5 Å². The van der Waals surface area contributed by atoms with Crippen molar-refractivity contribution < 1.29 is 4.74 Å². The predicted molar refractivity (Wildman–Crippen MR) is 102 cm³/mol. The second-order valence-electron chi connectivity index (χ2n) is 6.79. The van der Waals surface area contributed by atoms with Crippen LogP contribution in [0.2, 0.25) is 0 Å². The van der Waals surface area contributed by atoms with E-state index in [-0.39, 0.29) is 6.10 Å². The van der Waals surface area contributed by atoms with E-state index in [4.69, 9.17) is 10.5 Å². The summed E-state index contributed by atoms with van der Waals surface area (Å²) in [6.45, 7) is 20.1. The average molecular weight is 323 g/mol. The summed E-state index contributed by atoms with van der Waals surface area (Å²) in [6.07, 6.45) is 4.35. The molecule has 0 saturated carbocycles. The Morgan fingerprint density at radius 1 is 1.22 bits per heavy atom. The number of hydrogen-bond acceptors (Lipinski definition) is 3. The van der Waals surface area contributed by atoms with E-state index < -0.39 is 0 Å². The SMILES string of the molecule is C=C(/C(C)=C\C(N)=C(/C)OC(C)C)C(CC)CC(C)N(C)CC. The van der Waals surface area contributed by atoms with Crippen LogP contribution in [0.4, 0.5) is 0 Å². The van der Waals surface area contributed by atoms with Crippen molar-refractivity contribution in [1.82, 2.24) is 4.90 Å². The molecule has 0 rings (SSSR count). The molecular weight excluding hydrogens is 284 g/mol. The Labute approximate surface area is 144 Å². The molecule has 0 aliphatic carbocycles. The molecule has 0 amide bonds. The van der Waals surface area contributed by atoms with E-state index in [2.05, 4.69) is 46.2 Å². The molecule has 0 aromatic heterocycles. The Hall–Kier alpha value is -1.22. The van der Waals surface area contributed by atoms with Crippen LogP contribution in [0.15, 0.2) is 35.3 Å². The molecule has 0 fully saturated rings. The van der Waals surface area contributed by atoms with Crippen molar-refractivity contribution in [2.75, 3.05) is 13.6 Å². The highest BCUT2D eigenvalue weighted by Crippen LogP contribution is 2.27. The van der Waals surface area contributed by atoms with Crippen molar-refractivity contribution in [3.63, 3.8) is 0 Å². The van der Waals surface area contributed by atoms with Gasteiger partial charge in [-0.2, -0.15) is 0 Å². The Kier molecular flexibility index (Phi) is 9.98. The minimum atomic E-state index is 0.138. The number of ether oxygens (including phenoxy) is 1. The van der Waals surface area contributed by atoms with Gasteiger partial charge in [0, 0.05) is 6.04 Å². The fourth-order valence-corrected chi connectivity index (χ4v) is 2.63. The Morgan fingerprint density at radius 3 is 2.22 bits per heavy atom. The summed E-state index contributed by atoms with van der Waals surface area (Å²) in [5.41, 5.74) is 9.16. The van der Waals surface area contributed by atoms with Gasteiger partial charge in [-0.25, -0.2) is 0 Å². The first-order valence-corrected chi connectivity index (χ1v) is 8.84. The molecule has 2 atom stereocenters. The van der Waals surface area contributed by atoms with Crippen molar-refractivity contribution in [3.05, 3.63) is 35.3 Å². The van der Waals surface area contributed by atoms with Gasteiger partial charge in [0.1, 0.15) is 5.76 Å².